The van der Waals surface area contributed by atoms with E-state index in [2.05, 4.69) is 0 Å². The van der Waals surface area contributed by atoms with E-state index in [1.165, 1.54) is 4.90 Å². The van der Waals surface area contributed by atoms with E-state index < -0.39 is 6.10 Å². The molecule has 0 bridgehead atoms. The number of hydrogen-bond donors (Lipinski definition) is 1. The molecule has 2 aromatic rings. The number of methoxy groups -OCH3 is 2. The molecule has 4 heteroatoms. The van der Waals surface area contributed by atoms with Gasteiger partial charge in [-0.2, -0.15) is 0 Å². The number of aliphatic hydroxyl groups excluding tert-OH is 1. The maximum Gasteiger partial charge on any atom is 0.161 e. The second-order valence-electron chi connectivity index (χ2n) is 4.74. The Hall–Kier alpha value is -1.65. The molecule has 1 unspecified atom stereocenters. The average molecular weight is 304 g/mol. The normalized spacial score (nSPS) is 12.0. The van der Waals surface area contributed by atoms with Gasteiger partial charge in [0.1, 0.15) is 6.10 Å². The molecule has 2 aromatic carbocycles. The van der Waals surface area contributed by atoms with Crippen LogP contribution < -0.4 is 9.47 Å². The monoisotopic (exact) mass is 304 g/mol. The second kappa shape index (κ2) is 6.87. The molecule has 0 amide bonds. The Bertz CT molecular complexity index is 608. The molecule has 0 aliphatic heterocycles. The summed E-state index contributed by atoms with van der Waals surface area (Å²) in [4.78, 5) is 1.18. The third-order valence-electron chi connectivity index (χ3n) is 3.50. The Morgan fingerprint density at radius 1 is 1.00 bits per heavy atom. The van der Waals surface area contributed by atoms with Gasteiger partial charge < -0.3 is 14.6 Å². The molecule has 21 heavy (non-hydrogen) atoms. The van der Waals surface area contributed by atoms with E-state index in [1.54, 1.807) is 26.0 Å². The SMILES string of the molecule is COc1cc(C)c(C(O)c2ccc(SC)cc2)cc1OC. The van der Waals surface area contributed by atoms with Gasteiger partial charge in [0.25, 0.3) is 0 Å². The van der Waals surface area contributed by atoms with Crippen LogP contribution in [-0.2, 0) is 0 Å². The van der Waals surface area contributed by atoms with E-state index in [1.807, 2.05) is 49.6 Å². The van der Waals surface area contributed by atoms with Gasteiger partial charge >= 0.3 is 0 Å². The van der Waals surface area contributed by atoms with Gasteiger partial charge in [0.05, 0.1) is 14.2 Å². The molecule has 0 fully saturated rings. The summed E-state index contributed by atoms with van der Waals surface area (Å²) in [5.74, 6) is 1.29. The molecular weight excluding hydrogens is 284 g/mol. The topological polar surface area (TPSA) is 38.7 Å². The lowest BCUT2D eigenvalue weighted by molar-refractivity contribution is 0.218. The van der Waals surface area contributed by atoms with Crippen molar-refractivity contribution in [1.29, 1.82) is 0 Å². The number of thioether (sulfide) groups is 1. The number of aryl methyl sites for hydroxylation is 1. The highest BCUT2D eigenvalue weighted by atomic mass is 32.2. The van der Waals surface area contributed by atoms with Gasteiger partial charge in [-0.3, -0.25) is 0 Å². The maximum absolute atomic E-state index is 10.6. The number of benzene rings is 2. The molecule has 0 heterocycles. The lowest BCUT2D eigenvalue weighted by atomic mass is 9.97. The van der Waals surface area contributed by atoms with Crippen LogP contribution in [0, 0.1) is 6.92 Å². The van der Waals surface area contributed by atoms with Crippen LogP contribution in [0.5, 0.6) is 11.5 Å². The van der Waals surface area contributed by atoms with Crippen LogP contribution >= 0.6 is 11.8 Å². The van der Waals surface area contributed by atoms with Gasteiger partial charge in [-0.15, -0.1) is 11.8 Å². The van der Waals surface area contributed by atoms with Crippen molar-refractivity contribution in [2.24, 2.45) is 0 Å². The predicted octanol–water partition coefficient (Wildman–Crippen LogP) is 3.82. The minimum atomic E-state index is -0.680. The minimum Gasteiger partial charge on any atom is -0.493 e. The Labute approximate surface area is 129 Å². The summed E-state index contributed by atoms with van der Waals surface area (Å²) >= 11 is 1.68. The molecule has 1 atom stereocenters. The third-order valence-corrected chi connectivity index (χ3v) is 4.24. The molecule has 3 nitrogen and oxygen atoms in total. The fraction of sp³-hybridized carbons (Fsp3) is 0.294. The summed E-state index contributed by atoms with van der Waals surface area (Å²) in [7, 11) is 3.20. The zero-order chi connectivity index (χ0) is 15.4. The van der Waals surface area contributed by atoms with Crippen LogP contribution in [0.15, 0.2) is 41.3 Å². The first-order valence-electron chi connectivity index (χ1n) is 6.65. The van der Waals surface area contributed by atoms with E-state index in [9.17, 15) is 5.11 Å². The van der Waals surface area contributed by atoms with E-state index in [0.717, 1.165) is 16.7 Å². The molecule has 0 saturated carbocycles. The largest absolute Gasteiger partial charge is 0.493 e. The fourth-order valence-corrected chi connectivity index (χ4v) is 2.66. The number of aliphatic hydroxyl groups is 1. The van der Waals surface area contributed by atoms with Crippen molar-refractivity contribution >= 4 is 11.8 Å². The number of ether oxygens (including phenoxy) is 2. The van der Waals surface area contributed by atoms with Gasteiger partial charge in [-0.1, -0.05) is 12.1 Å². The highest BCUT2D eigenvalue weighted by Gasteiger charge is 2.16. The van der Waals surface area contributed by atoms with Gasteiger partial charge in [-0.25, -0.2) is 0 Å². The Morgan fingerprint density at radius 3 is 2.10 bits per heavy atom. The molecular formula is C17H20O3S. The van der Waals surface area contributed by atoms with Crippen LogP contribution in [0.3, 0.4) is 0 Å². The minimum absolute atomic E-state index is 0.623. The van der Waals surface area contributed by atoms with E-state index in [-0.39, 0.29) is 0 Å². The number of rotatable bonds is 5. The molecule has 112 valence electrons. The van der Waals surface area contributed by atoms with Gasteiger partial charge in [-0.05, 0) is 54.1 Å². The molecule has 0 spiro atoms. The molecule has 0 aliphatic rings. The van der Waals surface area contributed by atoms with Crippen molar-refractivity contribution < 1.29 is 14.6 Å². The molecule has 1 N–H and O–H groups in total. The average Bonchev–Trinajstić information content (AvgIpc) is 2.54. The van der Waals surface area contributed by atoms with Crippen molar-refractivity contribution in [2.45, 2.75) is 17.9 Å². The Kier molecular flexibility index (Phi) is 5.15. The van der Waals surface area contributed by atoms with E-state index in [0.29, 0.717) is 11.5 Å². The Morgan fingerprint density at radius 2 is 1.57 bits per heavy atom. The molecule has 0 radical (unpaired) electrons. The van der Waals surface area contributed by atoms with Crippen molar-refractivity contribution in [3.63, 3.8) is 0 Å². The van der Waals surface area contributed by atoms with Crippen LogP contribution in [0.25, 0.3) is 0 Å². The van der Waals surface area contributed by atoms with Crippen molar-refractivity contribution in [2.75, 3.05) is 20.5 Å². The lowest BCUT2D eigenvalue weighted by Gasteiger charge is -2.17. The van der Waals surface area contributed by atoms with Crippen molar-refractivity contribution in [1.82, 2.24) is 0 Å². The van der Waals surface area contributed by atoms with Crippen molar-refractivity contribution in [3.8, 4) is 11.5 Å². The van der Waals surface area contributed by atoms with Crippen LogP contribution in [0.2, 0.25) is 0 Å². The second-order valence-corrected chi connectivity index (χ2v) is 5.62. The standard InChI is InChI=1S/C17H20O3S/c1-11-9-15(19-2)16(20-3)10-14(11)17(18)12-5-7-13(21-4)8-6-12/h5-10,17-18H,1-4H3. The van der Waals surface area contributed by atoms with Crippen molar-refractivity contribution in [3.05, 3.63) is 53.1 Å². The van der Waals surface area contributed by atoms with E-state index >= 15 is 0 Å². The zero-order valence-corrected chi connectivity index (χ0v) is 13.5. The first-order valence-corrected chi connectivity index (χ1v) is 7.87. The van der Waals surface area contributed by atoms with Crippen LogP contribution in [0.1, 0.15) is 22.8 Å². The first-order chi connectivity index (χ1) is 10.1. The highest BCUT2D eigenvalue weighted by Crippen LogP contribution is 2.35. The highest BCUT2D eigenvalue weighted by molar-refractivity contribution is 7.98. The summed E-state index contributed by atoms with van der Waals surface area (Å²) in [6.45, 7) is 1.96. The summed E-state index contributed by atoms with van der Waals surface area (Å²) in [6.07, 6.45) is 1.35. The Balaban J connectivity index is 2.39. The summed E-state index contributed by atoms with van der Waals surface area (Å²) in [6, 6.07) is 11.6. The summed E-state index contributed by atoms with van der Waals surface area (Å²) in [5, 5.41) is 10.6. The number of hydrogen-bond acceptors (Lipinski definition) is 4. The summed E-state index contributed by atoms with van der Waals surface area (Å²) < 4.78 is 10.6. The molecule has 0 saturated heterocycles. The van der Waals surface area contributed by atoms with E-state index in [4.69, 9.17) is 9.47 Å². The van der Waals surface area contributed by atoms with Gasteiger partial charge in [0.15, 0.2) is 11.5 Å². The lowest BCUT2D eigenvalue weighted by Crippen LogP contribution is -2.03. The van der Waals surface area contributed by atoms with Crippen LogP contribution in [-0.4, -0.2) is 25.6 Å². The zero-order valence-electron chi connectivity index (χ0n) is 12.7. The molecule has 0 aliphatic carbocycles. The maximum atomic E-state index is 10.6. The molecule has 2 rings (SSSR count). The molecule has 0 aromatic heterocycles. The van der Waals surface area contributed by atoms with Gasteiger partial charge in [0.2, 0.25) is 0 Å². The third kappa shape index (κ3) is 3.34. The smallest absolute Gasteiger partial charge is 0.161 e. The summed E-state index contributed by atoms with van der Waals surface area (Å²) in [5.41, 5.74) is 2.65. The van der Waals surface area contributed by atoms with Crippen LogP contribution in [0.4, 0.5) is 0 Å². The quantitative estimate of drug-likeness (QED) is 0.852. The van der Waals surface area contributed by atoms with Gasteiger partial charge in [0, 0.05) is 4.90 Å². The first kappa shape index (κ1) is 15.7. The fourth-order valence-electron chi connectivity index (χ4n) is 2.26. The predicted molar refractivity (Wildman–Crippen MR) is 86.6 cm³/mol.